The number of rotatable bonds is 4. The van der Waals surface area contributed by atoms with E-state index >= 15 is 0 Å². The molecule has 0 bridgehead atoms. The van der Waals surface area contributed by atoms with Crippen molar-refractivity contribution in [1.82, 2.24) is 9.47 Å². The van der Waals surface area contributed by atoms with Gasteiger partial charge in [0.1, 0.15) is 0 Å². The van der Waals surface area contributed by atoms with Gasteiger partial charge in [0, 0.05) is 18.1 Å². The molecule has 0 spiro atoms. The van der Waals surface area contributed by atoms with Crippen molar-refractivity contribution in [3.05, 3.63) is 35.5 Å². The second-order valence-electron chi connectivity index (χ2n) is 5.11. The Hall–Kier alpha value is -1.28. The summed E-state index contributed by atoms with van der Waals surface area (Å²) in [6.07, 6.45) is 2.37. The number of hydrogen-bond acceptors (Lipinski definition) is 1. The van der Waals surface area contributed by atoms with Crippen LogP contribution in [-0.4, -0.2) is 30.1 Å². The summed E-state index contributed by atoms with van der Waals surface area (Å²) in [7, 11) is 6.44. The highest BCUT2D eigenvalue weighted by atomic mass is 15.0. The lowest BCUT2D eigenvalue weighted by molar-refractivity contribution is 0.399. The van der Waals surface area contributed by atoms with E-state index in [4.69, 9.17) is 0 Å². The third-order valence-electron chi connectivity index (χ3n) is 3.40. The molecule has 2 nitrogen and oxygen atoms in total. The van der Waals surface area contributed by atoms with Gasteiger partial charge in [-0.1, -0.05) is 18.2 Å². The normalized spacial score (nSPS) is 11.6. The molecule has 0 saturated heterocycles. The van der Waals surface area contributed by atoms with Crippen LogP contribution >= 0.6 is 0 Å². The molecule has 92 valence electrons. The monoisotopic (exact) mass is 230 g/mol. The van der Waals surface area contributed by atoms with Crippen molar-refractivity contribution in [3.63, 3.8) is 0 Å². The van der Waals surface area contributed by atoms with Gasteiger partial charge >= 0.3 is 0 Å². The Bertz CT molecular complexity index is 509. The predicted molar refractivity (Wildman–Crippen MR) is 74.5 cm³/mol. The first-order chi connectivity index (χ1) is 8.09. The van der Waals surface area contributed by atoms with E-state index in [0.717, 1.165) is 13.0 Å². The van der Waals surface area contributed by atoms with Crippen molar-refractivity contribution < 1.29 is 0 Å². The summed E-state index contributed by atoms with van der Waals surface area (Å²) in [4.78, 5) is 2.24. The molecule has 1 heterocycles. The number of fused-ring (bicyclic) bond motifs is 1. The van der Waals surface area contributed by atoms with Gasteiger partial charge in [-0.2, -0.15) is 0 Å². The van der Waals surface area contributed by atoms with Crippen LogP contribution in [-0.2, 0) is 13.5 Å². The van der Waals surface area contributed by atoms with E-state index in [-0.39, 0.29) is 0 Å². The molecule has 17 heavy (non-hydrogen) atoms. The minimum atomic E-state index is 1.15. The quantitative estimate of drug-likeness (QED) is 0.784. The van der Waals surface area contributed by atoms with Gasteiger partial charge in [0.15, 0.2) is 0 Å². The average Bonchev–Trinajstić information content (AvgIpc) is 2.57. The molecule has 0 atom stereocenters. The molecule has 0 unspecified atom stereocenters. The highest BCUT2D eigenvalue weighted by Gasteiger charge is 2.07. The van der Waals surface area contributed by atoms with Gasteiger partial charge in [-0.3, -0.25) is 0 Å². The van der Waals surface area contributed by atoms with Crippen LogP contribution in [0, 0.1) is 6.92 Å². The molecule has 1 aromatic carbocycles. The molecule has 0 saturated carbocycles. The van der Waals surface area contributed by atoms with Crippen molar-refractivity contribution >= 4 is 10.9 Å². The highest BCUT2D eigenvalue weighted by Crippen LogP contribution is 2.22. The first-order valence-electron chi connectivity index (χ1n) is 6.28. The fourth-order valence-electron chi connectivity index (χ4n) is 2.49. The Morgan fingerprint density at radius 1 is 1.24 bits per heavy atom. The zero-order valence-corrected chi connectivity index (χ0v) is 11.3. The smallest absolute Gasteiger partial charge is 0.0509 e. The van der Waals surface area contributed by atoms with Gasteiger partial charge in [-0.05, 0) is 52.0 Å². The molecule has 0 N–H and O–H groups in total. The zero-order chi connectivity index (χ0) is 12.4. The van der Waals surface area contributed by atoms with Gasteiger partial charge in [0.2, 0.25) is 0 Å². The van der Waals surface area contributed by atoms with E-state index in [9.17, 15) is 0 Å². The van der Waals surface area contributed by atoms with E-state index in [1.54, 1.807) is 0 Å². The number of aromatic nitrogens is 1. The lowest BCUT2D eigenvalue weighted by atomic mass is 10.1. The first kappa shape index (κ1) is 12.2. The maximum absolute atomic E-state index is 2.35. The van der Waals surface area contributed by atoms with Crippen LogP contribution in [0.25, 0.3) is 10.9 Å². The van der Waals surface area contributed by atoms with Gasteiger partial charge in [-0.25, -0.2) is 0 Å². The van der Waals surface area contributed by atoms with Crippen molar-refractivity contribution in [1.29, 1.82) is 0 Å². The molecule has 2 aromatic rings. The van der Waals surface area contributed by atoms with Crippen LogP contribution in [0.3, 0.4) is 0 Å². The molecule has 0 aliphatic heterocycles. The van der Waals surface area contributed by atoms with Crippen LogP contribution in [0.1, 0.15) is 17.7 Å². The summed E-state index contributed by atoms with van der Waals surface area (Å²) < 4.78 is 2.35. The minimum absolute atomic E-state index is 1.15. The molecule has 0 radical (unpaired) electrons. The number of benzene rings is 1. The van der Waals surface area contributed by atoms with Crippen molar-refractivity contribution in [2.75, 3.05) is 20.6 Å². The van der Waals surface area contributed by atoms with Gasteiger partial charge in [0.25, 0.3) is 0 Å². The highest BCUT2D eigenvalue weighted by molar-refractivity contribution is 5.84. The van der Waals surface area contributed by atoms with Gasteiger partial charge < -0.3 is 9.47 Å². The van der Waals surface area contributed by atoms with Crippen LogP contribution in [0.4, 0.5) is 0 Å². The standard InChI is InChI=1S/C15H22N2/c1-12-7-5-8-13-11-14(17(4)15(12)13)9-6-10-16(2)3/h5,7-8,11H,6,9-10H2,1-4H3. The molecule has 1 aromatic heterocycles. The summed E-state index contributed by atoms with van der Waals surface area (Å²) in [5, 5.41) is 1.37. The van der Waals surface area contributed by atoms with E-state index < -0.39 is 0 Å². The molecule has 0 fully saturated rings. The molecular formula is C15H22N2. The number of hydrogen-bond donors (Lipinski definition) is 0. The molecule has 0 amide bonds. The average molecular weight is 230 g/mol. The van der Waals surface area contributed by atoms with Crippen molar-refractivity contribution in [2.45, 2.75) is 19.8 Å². The third kappa shape index (κ3) is 2.52. The SMILES string of the molecule is Cc1cccc2cc(CCCN(C)C)n(C)c12. The molecule has 2 heteroatoms. The largest absolute Gasteiger partial charge is 0.347 e. The molecule has 2 rings (SSSR count). The van der Waals surface area contributed by atoms with Gasteiger partial charge in [0.05, 0.1) is 5.52 Å². The second kappa shape index (κ2) is 4.92. The second-order valence-corrected chi connectivity index (χ2v) is 5.11. The molecule has 0 aliphatic carbocycles. The molecular weight excluding hydrogens is 208 g/mol. The summed E-state index contributed by atoms with van der Waals surface area (Å²) in [5.41, 5.74) is 4.19. The van der Waals surface area contributed by atoms with Crippen LogP contribution < -0.4 is 0 Å². The van der Waals surface area contributed by atoms with E-state index in [2.05, 4.69) is 61.8 Å². The van der Waals surface area contributed by atoms with Crippen molar-refractivity contribution in [3.8, 4) is 0 Å². The van der Waals surface area contributed by atoms with E-state index in [0.29, 0.717) is 0 Å². The summed E-state index contributed by atoms with van der Waals surface area (Å²) in [6, 6.07) is 8.86. The van der Waals surface area contributed by atoms with E-state index in [1.165, 1.54) is 28.6 Å². The zero-order valence-electron chi connectivity index (χ0n) is 11.3. The minimum Gasteiger partial charge on any atom is -0.347 e. The van der Waals surface area contributed by atoms with Crippen LogP contribution in [0.2, 0.25) is 0 Å². The Morgan fingerprint density at radius 3 is 2.65 bits per heavy atom. The Morgan fingerprint density at radius 2 is 2.00 bits per heavy atom. The number of nitrogens with zero attached hydrogens (tertiary/aromatic N) is 2. The first-order valence-corrected chi connectivity index (χ1v) is 6.28. The Kier molecular flexibility index (Phi) is 3.53. The third-order valence-corrected chi connectivity index (χ3v) is 3.40. The lowest BCUT2D eigenvalue weighted by Gasteiger charge is -2.09. The Labute approximate surface area is 104 Å². The summed E-state index contributed by atoms with van der Waals surface area (Å²) in [6.45, 7) is 3.34. The van der Waals surface area contributed by atoms with E-state index in [1.807, 2.05) is 0 Å². The molecule has 0 aliphatic rings. The predicted octanol–water partition coefficient (Wildman–Crippen LogP) is 2.98. The fraction of sp³-hybridized carbons (Fsp3) is 0.467. The summed E-state index contributed by atoms with van der Waals surface area (Å²) >= 11 is 0. The lowest BCUT2D eigenvalue weighted by Crippen LogP contribution is -2.14. The topological polar surface area (TPSA) is 8.17 Å². The Balaban J connectivity index is 2.24. The number of para-hydroxylation sites is 1. The van der Waals surface area contributed by atoms with Crippen LogP contribution in [0.5, 0.6) is 0 Å². The van der Waals surface area contributed by atoms with Crippen molar-refractivity contribution in [2.24, 2.45) is 7.05 Å². The van der Waals surface area contributed by atoms with Crippen LogP contribution in [0.15, 0.2) is 24.3 Å². The van der Waals surface area contributed by atoms with Gasteiger partial charge in [-0.15, -0.1) is 0 Å². The summed E-state index contributed by atoms with van der Waals surface area (Å²) in [5.74, 6) is 0. The maximum atomic E-state index is 2.35. The number of aryl methyl sites for hydroxylation is 3. The maximum Gasteiger partial charge on any atom is 0.0509 e. The fourth-order valence-corrected chi connectivity index (χ4v) is 2.49.